The monoisotopic (exact) mass is 532 g/mol. The Bertz CT molecular complexity index is 1180. The number of amides is 1. The summed E-state index contributed by atoms with van der Waals surface area (Å²) in [4.78, 5) is 41.2. The van der Waals surface area contributed by atoms with Crippen LogP contribution >= 0.6 is 24.0 Å². The fourth-order valence-electron chi connectivity index (χ4n) is 4.68. The predicted octanol–water partition coefficient (Wildman–Crippen LogP) is 3.51. The summed E-state index contributed by atoms with van der Waals surface area (Å²) >= 11 is 6.67. The Morgan fingerprint density at radius 2 is 1.92 bits per heavy atom. The van der Waals surface area contributed by atoms with Crippen molar-refractivity contribution in [3.05, 3.63) is 31.9 Å². The molecule has 2 unspecified atom stereocenters. The molecule has 2 atom stereocenters. The van der Waals surface area contributed by atoms with Gasteiger partial charge < -0.3 is 14.7 Å². The fourth-order valence-corrected chi connectivity index (χ4v) is 5.97. The van der Waals surface area contributed by atoms with E-state index < -0.39 is 5.97 Å². The number of hydrogen-bond donors (Lipinski definition) is 1. The lowest BCUT2D eigenvalue weighted by molar-refractivity contribution is -0.137. The first-order valence-electron chi connectivity index (χ1n) is 12.1. The summed E-state index contributed by atoms with van der Waals surface area (Å²) in [5, 5.41) is 18.5. The number of aromatic nitrogens is 1. The van der Waals surface area contributed by atoms with Crippen molar-refractivity contribution in [1.82, 2.24) is 9.47 Å². The molecule has 1 aromatic heterocycles. The molecule has 1 N–H and O–H groups in total. The van der Waals surface area contributed by atoms with Gasteiger partial charge in [0.2, 0.25) is 0 Å². The number of morpholine rings is 1. The van der Waals surface area contributed by atoms with Crippen molar-refractivity contribution in [2.24, 2.45) is 0 Å². The third kappa shape index (κ3) is 5.99. The number of hydrogen-bond acceptors (Lipinski definition) is 8. The molecule has 3 heterocycles. The van der Waals surface area contributed by atoms with Gasteiger partial charge in [-0.2, -0.15) is 5.26 Å². The number of aliphatic carboxylic acids is 1. The highest BCUT2D eigenvalue weighted by Gasteiger charge is 2.34. The van der Waals surface area contributed by atoms with Crippen molar-refractivity contribution in [2.75, 3.05) is 24.5 Å². The average Bonchev–Trinajstić information content (AvgIpc) is 3.07. The summed E-state index contributed by atoms with van der Waals surface area (Å²) in [5.41, 5.74) is 0.921. The van der Waals surface area contributed by atoms with Crippen molar-refractivity contribution >= 4 is 52.1 Å². The van der Waals surface area contributed by atoms with Crippen LogP contribution in [0.1, 0.15) is 63.1 Å². The number of carboxylic acid groups (broad SMARTS) is 1. The van der Waals surface area contributed by atoms with Gasteiger partial charge in [0.25, 0.3) is 11.5 Å². The highest BCUT2D eigenvalue weighted by molar-refractivity contribution is 8.26. The largest absolute Gasteiger partial charge is 0.481 e. The minimum absolute atomic E-state index is 0.0442. The topological polar surface area (TPSA) is 116 Å². The van der Waals surface area contributed by atoms with Crippen LogP contribution in [0.2, 0.25) is 0 Å². The molecule has 0 aliphatic carbocycles. The van der Waals surface area contributed by atoms with Crippen LogP contribution < -0.4 is 10.5 Å². The standard InChI is InChI=1S/C25H32N4O5S2/c1-5-28-22(27-13-15(2)34-16(3)14-27)18(17(4)19(12-26)23(28)32)11-20-24(33)29(25(35)36-20)10-8-6-7-9-21(30)31/h11,15-16H,5-10,13-14H2,1-4H3,(H,30,31)/b20-11+. The second-order valence-electron chi connectivity index (χ2n) is 9.10. The number of carbonyl (C=O) groups excluding carboxylic acids is 1. The van der Waals surface area contributed by atoms with Gasteiger partial charge in [-0.15, -0.1) is 0 Å². The van der Waals surface area contributed by atoms with Gasteiger partial charge in [0.15, 0.2) is 0 Å². The number of carbonyl (C=O) groups is 2. The zero-order chi connectivity index (χ0) is 26.6. The second kappa shape index (κ2) is 12.0. The van der Waals surface area contributed by atoms with Gasteiger partial charge in [-0.3, -0.25) is 23.9 Å². The van der Waals surface area contributed by atoms with Crippen LogP contribution in [-0.4, -0.2) is 62.6 Å². The molecule has 2 saturated heterocycles. The lowest BCUT2D eigenvalue weighted by atomic mass is 10.0. The van der Waals surface area contributed by atoms with E-state index in [2.05, 4.69) is 11.0 Å². The van der Waals surface area contributed by atoms with Gasteiger partial charge in [-0.05, 0) is 52.2 Å². The Morgan fingerprint density at radius 1 is 1.25 bits per heavy atom. The van der Waals surface area contributed by atoms with E-state index in [4.69, 9.17) is 22.1 Å². The van der Waals surface area contributed by atoms with E-state index in [0.717, 1.165) is 0 Å². The highest BCUT2D eigenvalue weighted by Crippen LogP contribution is 2.36. The second-order valence-corrected chi connectivity index (χ2v) is 10.8. The number of carboxylic acids is 1. The Kier molecular flexibility index (Phi) is 9.33. The summed E-state index contributed by atoms with van der Waals surface area (Å²) in [6, 6.07) is 2.05. The minimum Gasteiger partial charge on any atom is -0.481 e. The quantitative estimate of drug-likeness (QED) is 0.290. The zero-order valence-electron chi connectivity index (χ0n) is 21.1. The summed E-state index contributed by atoms with van der Waals surface area (Å²) in [7, 11) is 0. The van der Waals surface area contributed by atoms with E-state index in [1.54, 1.807) is 22.5 Å². The molecular formula is C25H32N4O5S2. The predicted molar refractivity (Wildman–Crippen MR) is 144 cm³/mol. The van der Waals surface area contributed by atoms with Gasteiger partial charge in [0, 0.05) is 38.2 Å². The highest BCUT2D eigenvalue weighted by atomic mass is 32.2. The number of unbranched alkanes of at least 4 members (excludes halogenated alkanes) is 2. The number of anilines is 1. The molecule has 194 valence electrons. The van der Waals surface area contributed by atoms with Gasteiger partial charge >= 0.3 is 5.97 Å². The van der Waals surface area contributed by atoms with Crippen molar-refractivity contribution in [2.45, 2.75) is 72.1 Å². The van der Waals surface area contributed by atoms with Crippen molar-refractivity contribution in [1.29, 1.82) is 5.26 Å². The normalized spacial score (nSPS) is 21.4. The van der Waals surface area contributed by atoms with Crippen LogP contribution in [0.5, 0.6) is 0 Å². The molecule has 0 saturated carbocycles. The molecular weight excluding hydrogens is 500 g/mol. The SMILES string of the molecule is CCn1c(N2CC(C)OC(C)C2)c(/C=C2/SC(=S)N(CCCCCC(=O)O)C2=O)c(C)c(C#N)c1=O. The molecule has 0 aromatic carbocycles. The molecule has 3 rings (SSSR count). The molecule has 1 aromatic rings. The number of nitrogens with zero attached hydrogens (tertiary/aromatic N) is 4. The molecule has 0 spiro atoms. The van der Waals surface area contributed by atoms with E-state index in [1.807, 2.05) is 20.8 Å². The number of thiocarbonyl (C=S) groups is 1. The van der Waals surface area contributed by atoms with E-state index in [0.29, 0.717) is 71.6 Å². The maximum absolute atomic E-state index is 13.3. The summed E-state index contributed by atoms with van der Waals surface area (Å²) in [6.07, 6.45) is 3.66. The van der Waals surface area contributed by atoms with Gasteiger partial charge in [-0.1, -0.05) is 30.4 Å². The lowest BCUT2D eigenvalue weighted by Gasteiger charge is -2.39. The van der Waals surface area contributed by atoms with Crippen LogP contribution in [0.3, 0.4) is 0 Å². The van der Waals surface area contributed by atoms with Crippen LogP contribution in [-0.2, 0) is 20.9 Å². The third-order valence-corrected chi connectivity index (χ3v) is 7.68. The number of nitriles is 1. The molecule has 2 aliphatic rings. The van der Waals surface area contributed by atoms with Crippen LogP contribution in [0.4, 0.5) is 5.82 Å². The van der Waals surface area contributed by atoms with Crippen LogP contribution in [0, 0.1) is 18.3 Å². The van der Waals surface area contributed by atoms with E-state index in [-0.39, 0.29) is 35.7 Å². The first-order valence-corrected chi connectivity index (χ1v) is 13.4. The molecule has 0 bridgehead atoms. The molecule has 36 heavy (non-hydrogen) atoms. The average molecular weight is 533 g/mol. The minimum atomic E-state index is -0.830. The van der Waals surface area contributed by atoms with Crippen molar-refractivity contribution in [3.63, 3.8) is 0 Å². The van der Waals surface area contributed by atoms with E-state index in [1.165, 1.54) is 11.8 Å². The smallest absolute Gasteiger partial charge is 0.303 e. The Balaban J connectivity index is 2.00. The first-order chi connectivity index (χ1) is 17.1. The van der Waals surface area contributed by atoms with E-state index >= 15 is 0 Å². The maximum Gasteiger partial charge on any atom is 0.303 e. The zero-order valence-corrected chi connectivity index (χ0v) is 22.7. The number of rotatable bonds is 9. The summed E-state index contributed by atoms with van der Waals surface area (Å²) in [6.45, 7) is 9.52. The summed E-state index contributed by atoms with van der Waals surface area (Å²) in [5.74, 6) is -0.367. The summed E-state index contributed by atoms with van der Waals surface area (Å²) < 4.78 is 7.94. The molecule has 1 amide bonds. The van der Waals surface area contributed by atoms with Crippen molar-refractivity contribution < 1.29 is 19.4 Å². The molecule has 2 fully saturated rings. The maximum atomic E-state index is 13.3. The van der Waals surface area contributed by atoms with E-state index in [9.17, 15) is 19.6 Å². The molecule has 2 aliphatic heterocycles. The molecule has 9 nitrogen and oxygen atoms in total. The van der Waals surface area contributed by atoms with Gasteiger partial charge in [-0.25, -0.2) is 0 Å². The van der Waals surface area contributed by atoms with Gasteiger partial charge in [0.1, 0.15) is 21.8 Å². The Morgan fingerprint density at radius 3 is 2.50 bits per heavy atom. The Hall–Kier alpha value is -2.68. The van der Waals surface area contributed by atoms with Crippen LogP contribution in [0.25, 0.3) is 6.08 Å². The lowest BCUT2D eigenvalue weighted by Crippen LogP contribution is -2.48. The first kappa shape index (κ1) is 27.9. The van der Waals surface area contributed by atoms with Crippen LogP contribution in [0.15, 0.2) is 9.70 Å². The number of ether oxygens (including phenoxy) is 1. The number of thioether (sulfide) groups is 1. The number of pyridine rings is 1. The Labute approximate surface area is 220 Å². The molecule has 0 radical (unpaired) electrons. The third-order valence-electron chi connectivity index (χ3n) is 6.30. The van der Waals surface area contributed by atoms with Gasteiger partial charge in [0.05, 0.1) is 17.1 Å². The fraction of sp³-hybridized carbons (Fsp3) is 0.560. The van der Waals surface area contributed by atoms with Crippen molar-refractivity contribution in [3.8, 4) is 6.07 Å². The molecule has 11 heteroatoms.